The smallest absolute Gasteiger partial charge is 0.350 e. The largest absolute Gasteiger partial charge is 0.457 e. The van der Waals surface area contributed by atoms with Gasteiger partial charge >= 0.3 is 11.9 Å². The van der Waals surface area contributed by atoms with Gasteiger partial charge in [-0.15, -0.1) is 0 Å². The standard InChI is InChI=1S/C10H16O4/c1-9(2,3)14-8(12)10(4)6-5-7(11)13-10/h5-6H2,1-4H3/t10-/m1/s1. The molecule has 0 bridgehead atoms. The van der Waals surface area contributed by atoms with Crippen molar-refractivity contribution in [2.24, 2.45) is 0 Å². The highest BCUT2D eigenvalue weighted by Gasteiger charge is 2.45. The molecule has 1 atom stereocenters. The molecule has 14 heavy (non-hydrogen) atoms. The molecule has 1 saturated heterocycles. The average Bonchev–Trinajstić information content (AvgIpc) is 2.29. The third-order valence-electron chi connectivity index (χ3n) is 1.98. The number of hydrogen-bond donors (Lipinski definition) is 0. The normalized spacial score (nSPS) is 27.3. The molecule has 0 aliphatic carbocycles. The molecular weight excluding hydrogens is 184 g/mol. The summed E-state index contributed by atoms with van der Waals surface area (Å²) in [6.45, 7) is 6.94. The van der Waals surface area contributed by atoms with E-state index in [4.69, 9.17) is 9.47 Å². The van der Waals surface area contributed by atoms with Crippen LogP contribution in [0.15, 0.2) is 0 Å². The minimum atomic E-state index is -1.08. The quantitative estimate of drug-likeness (QED) is 0.601. The maximum atomic E-state index is 11.6. The van der Waals surface area contributed by atoms with Crippen molar-refractivity contribution in [1.82, 2.24) is 0 Å². The van der Waals surface area contributed by atoms with Crippen LogP contribution in [0.5, 0.6) is 0 Å². The minimum absolute atomic E-state index is 0.287. The molecule has 1 aliphatic rings. The van der Waals surface area contributed by atoms with Crippen LogP contribution in [0.2, 0.25) is 0 Å². The molecule has 1 heterocycles. The van der Waals surface area contributed by atoms with Crippen molar-refractivity contribution in [3.63, 3.8) is 0 Å². The summed E-state index contributed by atoms with van der Waals surface area (Å²) < 4.78 is 10.1. The second-order valence-electron chi connectivity index (χ2n) is 4.71. The SMILES string of the molecule is CC(C)(C)OC(=O)[C@@]1(C)CCC(=O)O1. The second kappa shape index (κ2) is 3.26. The van der Waals surface area contributed by atoms with Crippen molar-refractivity contribution in [1.29, 1.82) is 0 Å². The van der Waals surface area contributed by atoms with Gasteiger partial charge in [-0.1, -0.05) is 0 Å². The van der Waals surface area contributed by atoms with Crippen molar-refractivity contribution < 1.29 is 19.1 Å². The molecule has 0 saturated carbocycles. The van der Waals surface area contributed by atoms with Gasteiger partial charge in [0.1, 0.15) is 5.60 Å². The summed E-state index contributed by atoms with van der Waals surface area (Å²) in [5.74, 6) is -0.797. The van der Waals surface area contributed by atoms with Crippen LogP contribution in [0.25, 0.3) is 0 Å². The molecule has 0 unspecified atom stereocenters. The van der Waals surface area contributed by atoms with Crippen molar-refractivity contribution in [3.05, 3.63) is 0 Å². The Bertz CT molecular complexity index is 264. The predicted molar refractivity (Wildman–Crippen MR) is 49.6 cm³/mol. The van der Waals surface area contributed by atoms with Gasteiger partial charge in [-0.05, 0) is 27.7 Å². The van der Waals surface area contributed by atoms with E-state index < -0.39 is 17.2 Å². The van der Waals surface area contributed by atoms with Gasteiger partial charge < -0.3 is 9.47 Å². The molecule has 1 rings (SSSR count). The van der Waals surface area contributed by atoms with Crippen LogP contribution in [-0.2, 0) is 19.1 Å². The van der Waals surface area contributed by atoms with Crippen LogP contribution in [0, 0.1) is 0 Å². The van der Waals surface area contributed by atoms with E-state index in [1.807, 2.05) is 0 Å². The van der Waals surface area contributed by atoms with E-state index >= 15 is 0 Å². The summed E-state index contributed by atoms with van der Waals surface area (Å²) >= 11 is 0. The van der Waals surface area contributed by atoms with Gasteiger partial charge in [0.25, 0.3) is 0 Å². The predicted octanol–water partition coefficient (Wildman–Crippen LogP) is 1.42. The molecule has 80 valence electrons. The summed E-state index contributed by atoms with van der Waals surface area (Å²) in [4.78, 5) is 22.5. The highest BCUT2D eigenvalue weighted by Crippen LogP contribution is 2.28. The van der Waals surface area contributed by atoms with Gasteiger partial charge in [0.15, 0.2) is 0 Å². The van der Waals surface area contributed by atoms with E-state index in [1.54, 1.807) is 27.7 Å². The zero-order valence-corrected chi connectivity index (χ0v) is 9.05. The molecule has 0 aromatic rings. The number of esters is 2. The number of hydrogen-bond acceptors (Lipinski definition) is 4. The van der Waals surface area contributed by atoms with E-state index in [0.29, 0.717) is 6.42 Å². The fourth-order valence-electron chi connectivity index (χ4n) is 1.22. The topological polar surface area (TPSA) is 52.6 Å². The zero-order chi connectivity index (χ0) is 11.0. The Morgan fingerprint density at radius 3 is 2.43 bits per heavy atom. The van der Waals surface area contributed by atoms with Gasteiger partial charge in [0.2, 0.25) is 5.60 Å². The molecule has 0 aromatic heterocycles. The zero-order valence-electron chi connectivity index (χ0n) is 9.05. The maximum Gasteiger partial charge on any atom is 0.350 e. The molecule has 0 aromatic carbocycles. The van der Waals surface area contributed by atoms with Gasteiger partial charge in [0, 0.05) is 12.8 Å². The van der Waals surface area contributed by atoms with Crippen LogP contribution in [-0.4, -0.2) is 23.1 Å². The van der Waals surface area contributed by atoms with Crippen LogP contribution in [0.3, 0.4) is 0 Å². The molecule has 0 amide bonds. The first-order chi connectivity index (χ1) is 6.23. The van der Waals surface area contributed by atoms with Crippen molar-refractivity contribution in [2.75, 3.05) is 0 Å². The molecule has 4 heteroatoms. The van der Waals surface area contributed by atoms with Gasteiger partial charge in [-0.25, -0.2) is 4.79 Å². The van der Waals surface area contributed by atoms with Crippen molar-refractivity contribution in [2.45, 2.75) is 51.7 Å². The first kappa shape index (κ1) is 11.0. The minimum Gasteiger partial charge on any atom is -0.457 e. The summed E-state index contributed by atoms with van der Waals surface area (Å²) in [6, 6.07) is 0. The third kappa shape index (κ3) is 2.47. The summed E-state index contributed by atoms with van der Waals surface area (Å²) in [5.41, 5.74) is -1.63. The fourth-order valence-corrected chi connectivity index (χ4v) is 1.22. The summed E-state index contributed by atoms with van der Waals surface area (Å²) in [5, 5.41) is 0. The van der Waals surface area contributed by atoms with Crippen molar-refractivity contribution >= 4 is 11.9 Å². The Hall–Kier alpha value is -1.06. The molecule has 1 fully saturated rings. The fraction of sp³-hybridized carbons (Fsp3) is 0.800. The molecule has 0 N–H and O–H groups in total. The highest BCUT2D eigenvalue weighted by atomic mass is 16.6. The molecule has 0 spiro atoms. The van der Waals surface area contributed by atoms with Crippen LogP contribution in [0.1, 0.15) is 40.5 Å². The second-order valence-corrected chi connectivity index (χ2v) is 4.71. The molecule has 4 nitrogen and oxygen atoms in total. The molecular formula is C10H16O4. The van der Waals surface area contributed by atoms with E-state index in [2.05, 4.69) is 0 Å². The first-order valence-electron chi connectivity index (χ1n) is 4.68. The maximum absolute atomic E-state index is 11.6. The number of cyclic esters (lactones) is 1. The Kier molecular flexibility index (Phi) is 2.56. The van der Waals surface area contributed by atoms with Gasteiger partial charge in [-0.3, -0.25) is 4.79 Å². The Morgan fingerprint density at radius 1 is 1.50 bits per heavy atom. The number of ether oxygens (including phenoxy) is 2. The summed E-state index contributed by atoms with van der Waals surface area (Å²) in [6.07, 6.45) is 0.691. The lowest BCUT2D eigenvalue weighted by molar-refractivity contribution is -0.181. The van der Waals surface area contributed by atoms with Crippen LogP contribution in [0.4, 0.5) is 0 Å². The highest BCUT2D eigenvalue weighted by molar-refractivity contribution is 5.86. The van der Waals surface area contributed by atoms with E-state index in [-0.39, 0.29) is 12.4 Å². The van der Waals surface area contributed by atoms with Crippen LogP contribution >= 0.6 is 0 Å². The summed E-state index contributed by atoms with van der Waals surface area (Å²) in [7, 11) is 0. The van der Waals surface area contributed by atoms with Crippen molar-refractivity contribution in [3.8, 4) is 0 Å². The number of carbonyl (C=O) groups is 2. The molecule has 0 radical (unpaired) electrons. The Balaban J connectivity index is 2.65. The lowest BCUT2D eigenvalue weighted by atomic mass is 10.0. The first-order valence-corrected chi connectivity index (χ1v) is 4.68. The average molecular weight is 200 g/mol. The van der Waals surface area contributed by atoms with Gasteiger partial charge in [0.05, 0.1) is 0 Å². The lowest BCUT2D eigenvalue weighted by Gasteiger charge is -2.26. The third-order valence-corrected chi connectivity index (χ3v) is 1.98. The number of carbonyl (C=O) groups excluding carboxylic acids is 2. The number of rotatable bonds is 1. The van der Waals surface area contributed by atoms with E-state index in [9.17, 15) is 9.59 Å². The van der Waals surface area contributed by atoms with Gasteiger partial charge in [-0.2, -0.15) is 0 Å². The molecule has 1 aliphatic heterocycles. The van der Waals surface area contributed by atoms with Crippen LogP contribution < -0.4 is 0 Å². The van der Waals surface area contributed by atoms with E-state index in [0.717, 1.165) is 0 Å². The Morgan fingerprint density at radius 2 is 2.07 bits per heavy atom. The Labute approximate surface area is 83.6 Å². The monoisotopic (exact) mass is 200 g/mol. The lowest BCUT2D eigenvalue weighted by Crippen LogP contribution is -2.40. The van der Waals surface area contributed by atoms with E-state index in [1.165, 1.54) is 0 Å².